The molecule has 34 heavy (non-hydrogen) atoms. The third kappa shape index (κ3) is 3.05. The summed E-state index contributed by atoms with van der Waals surface area (Å²) < 4.78 is 31.1. The van der Waals surface area contributed by atoms with Crippen LogP contribution in [0.5, 0.6) is 5.75 Å². The van der Waals surface area contributed by atoms with Crippen LogP contribution in [-0.4, -0.2) is 27.4 Å². The second-order valence-corrected chi connectivity index (χ2v) is 9.25. The first-order valence-corrected chi connectivity index (χ1v) is 11.0. The minimum Gasteiger partial charge on any atom is -0.497 e. The molecule has 0 amide bonds. The lowest BCUT2D eigenvalue weighted by Gasteiger charge is -2.39. The van der Waals surface area contributed by atoms with Gasteiger partial charge in [0.2, 0.25) is 0 Å². The third-order valence-electron chi connectivity index (χ3n) is 6.62. The topological polar surface area (TPSA) is 67.4 Å². The van der Waals surface area contributed by atoms with Gasteiger partial charge in [-0.25, -0.2) is 9.18 Å². The second kappa shape index (κ2) is 7.70. The summed E-state index contributed by atoms with van der Waals surface area (Å²) in [7, 11) is 4.69. The van der Waals surface area contributed by atoms with Crippen molar-refractivity contribution in [1.82, 2.24) is 13.7 Å². The summed E-state index contributed by atoms with van der Waals surface area (Å²) in [4.78, 5) is 26.5. The van der Waals surface area contributed by atoms with E-state index in [1.165, 1.54) is 17.7 Å². The molecule has 0 spiro atoms. The van der Waals surface area contributed by atoms with Gasteiger partial charge in [-0.15, -0.1) is 0 Å². The molecule has 0 unspecified atom stereocenters. The number of nitrogens with zero attached hydrogens (tertiary/aromatic N) is 3. The molecule has 1 aliphatic rings. The van der Waals surface area contributed by atoms with Crippen molar-refractivity contribution in [2.45, 2.75) is 25.5 Å². The Morgan fingerprint density at radius 2 is 1.71 bits per heavy atom. The predicted molar refractivity (Wildman–Crippen MR) is 128 cm³/mol. The van der Waals surface area contributed by atoms with Gasteiger partial charge in [0.05, 0.1) is 41.5 Å². The summed E-state index contributed by atoms with van der Waals surface area (Å²) in [6.07, 6.45) is -0.790. The maximum absolute atomic E-state index is 15.0. The van der Waals surface area contributed by atoms with Crippen LogP contribution in [0.25, 0.3) is 22.2 Å². The average Bonchev–Trinajstić information content (AvgIpc) is 3.20. The summed E-state index contributed by atoms with van der Waals surface area (Å²) in [6.45, 7) is 4.29. The Bertz CT molecular complexity index is 1540. The molecule has 176 valence electrons. The van der Waals surface area contributed by atoms with Crippen LogP contribution in [-0.2, 0) is 24.4 Å². The van der Waals surface area contributed by atoms with Gasteiger partial charge in [-0.2, -0.15) is 0 Å². The van der Waals surface area contributed by atoms with Crippen LogP contribution in [0.4, 0.5) is 4.39 Å². The molecular formula is C26H26FN3O4. The maximum atomic E-state index is 15.0. The molecule has 5 rings (SSSR count). The second-order valence-electron chi connectivity index (χ2n) is 9.25. The van der Waals surface area contributed by atoms with Crippen LogP contribution in [0.1, 0.15) is 31.2 Å². The predicted octanol–water partition coefficient (Wildman–Crippen LogP) is 3.71. The number of aryl methyl sites for hydroxylation is 1. The minimum atomic E-state index is -0.790. The highest BCUT2D eigenvalue weighted by molar-refractivity contribution is 5.97. The molecule has 8 heteroatoms. The van der Waals surface area contributed by atoms with Crippen molar-refractivity contribution in [2.75, 3.05) is 13.7 Å². The number of halogens is 1. The Morgan fingerprint density at radius 1 is 1.03 bits per heavy atom. The molecule has 1 atom stereocenters. The van der Waals surface area contributed by atoms with Crippen molar-refractivity contribution in [3.63, 3.8) is 0 Å². The van der Waals surface area contributed by atoms with Gasteiger partial charge in [0.25, 0.3) is 5.56 Å². The number of ether oxygens (including phenoxy) is 2. The van der Waals surface area contributed by atoms with E-state index < -0.39 is 28.7 Å². The van der Waals surface area contributed by atoms with E-state index in [4.69, 9.17) is 9.47 Å². The largest absolute Gasteiger partial charge is 0.497 e. The summed E-state index contributed by atoms with van der Waals surface area (Å²) in [5, 5.41) is 0.393. The fourth-order valence-electron chi connectivity index (χ4n) is 4.94. The van der Waals surface area contributed by atoms with Crippen molar-refractivity contribution in [3.05, 3.63) is 86.4 Å². The van der Waals surface area contributed by atoms with E-state index in [0.29, 0.717) is 33.6 Å². The molecular weight excluding hydrogens is 437 g/mol. The molecule has 2 aromatic carbocycles. The highest BCUT2D eigenvalue weighted by Crippen LogP contribution is 2.45. The van der Waals surface area contributed by atoms with Gasteiger partial charge in [-0.1, -0.05) is 18.2 Å². The smallest absolute Gasteiger partial charge is 0.331 e. The highest BCUT2D eigenvalue weighted by Gasteiger charge is 2.41. The van der Waals surface area contributed by atoms with E-state index in [-0.39, 0.29) is 6.61 Å². The van der Waals surface area contributed by atoms with Crippen LogP contribution in [0, 0.1) is 5.82 Å². The zero-order valence-corrected chi connectivity index (χ0v) is 19.8. The summed E-state index contributed by atoms with van der Waals surface area (Å²) in [6, 6.07) is 13.9. The summed E-state index contributed by atoms with van der Waals surface area (Å²) >= 11 is 0. The van der Waals surface area contributed by atoms with Crippen LogP contribution in [0.2, 0.25) is 0 Å². The van der Waals surface area contributed by atoms with Gasteiger partial charge in [0.15, 0.2) is 0 Å². The number of fused-ring (bicyclic) bond motifs is 3. The molecule has 1 aliphatic heterocycles. The molecule has 0 saturated carbocycles. The van der Waals surface area contributed by atoms with E-state index in [2.05, 4.69) is 0 Å². The Kier molecular flexibility index (Phi) is 5.02. The quantitative estimate of drug-likeness (QED) is 0.465. The molecule has 0 radical (unpaired) electrons. The molecule has 0 saturated heterocycles. The van der Waals surface area contributed by atoms with Crippen molar-refractivity contribution >= 4 is 10.9 Å². The Hall–Kier alpha value is -3.65. The number of methoxy groups -OCH3 is 1. The lowest BCUT2D eigenvalue weighted by Crippen LogP contribution is -2.40. The molecule has 0 N–H and O–H groups in total. The number of hydrogen-bond donors (Lipinski definition) is 0. The Labute approximate surface area is 195 Å². The van der Waals surface area contributed by atoms with Crippen molar-refractivity contribution in [2.24, 2.45) is 14.1 Å². The first-order valence-electron chi connectivity index (χ1n) is 11.0. The van der Waals surface area contributed by atoms with Crippen LogP contribution in [0.15, 0.2) is 58.1 Å². The molecule has 3 heterocycles. The zero-order valence-electron chi connectivity index (χ0n) is 19.8. The van der Waals surface area contributed by atoms with Crippen LogP contribution >= 0.6 is 0 Å². The average molecular weight is 464 g/mol. The summed E-state index contributed by atoms with van der Waals surface area (Å²) in [5.74, 6) is 0.276. The molecule has 4 aromatic rings. The summed E-state index contributed by atoms with van der Waals surface area (Å²) in [5.41, 5.74) is 1.39. The van der Waals surface area contributed by atoms with Crippen molar-refractivity contribution < 1.29 is 13.9 Å². The molecule has 0 aliphatic carbocycles. The molecule has 0 bridgehead atoms. The van der Waals surface area contributed by atoms with E-state index in [9.17, 15) is 14.0 Å². The number of hydrogen-bond acceptors (Lipinski definition) is 4. The maximum Gasteiger partial charge on any atom is 0.331 e. The fraction of sp³-hybridized carbons (Fsp3) is 0.308. The van der Waals surface area contributed by atoms with Crippen molar-refractivity contribution in [3.8, 4) is 17.0 Å². The van der Waals surface area contributed by atoms with E-state index in [1.807, 2.05) is 42.7 Å². The third-order valence-corrected chi connectivity index (χ3v) is 6.62. The van der Waals surface area contributed by atoms with E-state index in [0.717, 1.165) is 10.1 Å². The van der Waals surface area contributed by atoms with E-state index >= 15 is 0 Å². The Morgan fingerprint density at radius 3 is 2.35 bits per heavy atom. The fourth-order valence-corrected chi connectivity index (χ4v) is 4.94. The standard InChI is InChI=1S/C26H26FN3O4/c1-26(2)14-34-23(17-8-6-7-9-18(17)27)22-21-19(24(31)29(4)25(32)28(21)3)20(30(22)26)15-10-12-16(33-5)13-11-15/h6-13,23H,14H2,1-5H3/t23-/m1/s1. The zero-order chi connectivity index (χ0) is 24.4. The normalized spacial score (nSPS) is 17.1. The first-order chi connectivity index (χ1) is 16.2. The van der Waals surface area contributed by atoms with Gasteiger partial charge in [-0.3, -0.25) is 13.9 Å². The minimum absolute atomic E-state index is 0.289. The van der Waals surface area contributed by atoms with E-state index in [1.54, 1.807) is 32.4 Å². The molecule has 0 fully saturated rings. The Balaban J connectivity index is 2.00. The van der Waals surface area contributed by atoms with Gasteiger partial charge in [0, 0.05) is 19.7 Å². The molecule has 7 nitrogen and oxygen atoms in total. The number of benzene rings is 2. The monoisotopic (exact) mass is 463 g/mol. The van der Waals surface area contributed by atoms with Gasteiger partial charge >= 0.3 is 5.69 Å². The van der Waals surface area contributed by atoms with Gasteiger partial charge in [0.1, 0.15) is 17.7 Å². The first kappa shape index (κ1) is 22.2. The lowest BCUT2D eigenvalue weighted by molar-refractivity contribution is -0.00855. The number of aromatic nitrogens is 3. The number of rotatable bonds is 3. The molecule has 2 aromatic heterocycles. The van der Waals surface area contributed by atoms with Crippen molar-refractivity contribution in [1.29, 1.82) is 0 Å². The highest BCUT2D eigenvalue weighted by atomic mass is 19.1. The van der Waals surface area contributed by atoms with Crippen LogP contribution in [0.3, 0.4) is 0 Å². The van der Waals surface area contributed by atoms with Gasteiger partial charge < -0.3 is 14.0 Å². The van der Waals surface area contributed by atoms with Crippen LogP contribution < -0.4 is 16.0 Å². The van der Waals surface area contributed by atoms with Gasteiger partial charge in [-0.05, 0) is 49.7 Å². The SMILES string of the molecule is COc1ccc(-c2c3c(=O)n(C)c(=O)n(C)c3c3n2C(C)(C)CO[C@@H]3c2ccccc2F)cc1. The lowest BCUT2D eigenvalue weighted by atomic mass is 9.97.